The molecule has 0 aliphatic rings. The molecule has 3 N–H and O–H groups in total. The molecule has 30 heavy (non-hydrogen) atoms. The van der Waals surface area contributed by atoms with Crippen molar-refractivity contribution in [3.05, 3.63) is 56.7 Å². The van der Waals surface area contributed by atoms with Crippen LogP contribution >= 0.6 is 0 Å². The molecule has 1 aromatic heterocycles. The lowest BCUT2D eigenvalue weighted by Crippen LogP contribution is -2.17. The summed E-state index contributed by atoms with van der Waals surface area (Å²) in [7, 11) is 0.330. The predicted octanol–water partition coefficient (Wildman–Crippen LogP) is 2.46. The Labute approximate surface area is 173 Å². The maximum absolute atomic E-state index is 12.9. The molecule has 11 heteroatoms. The molecule has 2 aromatic carbocycles. The summed E-state index contributed by atoms with van der Waals surface area (Å²) < 4.78 is 25.9. The fourth-order valence-electron chi connectivity index (χ4n) is 2.93. The monoisotopic (exact) mass is 436 g/mol. The van der Waals surface area contributed by atoms with Crippen LogP contribution in [0.15, 0.2) is 41.2 Å². The SMILES string of the molecule is CN(C)CCCNc1ccc([N+](=O)[O-])c2[nH]c3ccccc3c(=O)c12.CS(=O)(=O)O. The number of fused-ring (bicyclic) bond motifs is 2. The van der Waals surface area contributed by atoms with Crippen LogP contribution in [0.4, 0.5) is 11.4 Å². The molecule has 0 spiro atoms. The second kappa shape index (κ2) is 9.65. The van der Waals surface area contributed by atoms with Gasteiger partial charge in [0.1, 0.15) is 5.52 Å². The summed E-state index contributed by atoms with van der Waals surface area (Å²) in [5.74, 6) is 0. The van der Waals surface area contributed by atoms with Crippen molar-refractivity contribution in [3.8, 4) is 0 Å². The second-order valence-corrected chi connectivity index (χ2v) is 8.42. The molecular formula is C19H24N4O6S. The van der Waals surface area contributed by atoms with Gasteiger partial charge >= 0.3 is 0 Å². The quantitative estimate of drug-likeness (QED) is 0.176. The van der Waals surface area contributed by atoms with E-state index in [-0.39, 0.29) is 16.6 Å². The van der Waals surface area contributed by atoms with Gasteiger partial charge in [-0.25, -0.2) is 0 Å². The fourth-order valence-corrected chi connectivity index (χ4v) is 2.93. The number of nitrogens with zero attached hydrogens (tertiary/aromatic N) is 2. The number of anilines is 1. The van der Waals surface area contributed by atoms with Crippen LogP contribution in [-0.4, -0.2) is 61.2 Å². The number of H-pyrrole nitrogens is 1. The van der Waals surface area contributed by atoms with Crippen molar-refractivity contribution < 1.29 is 17.9 Å². The smallest absolute Gasteiger partial charge is 0.293 e. The first-order chi connectivity index (χ1) is 14.0. The molecule has 0 amide bonds. The number of aromatic amines is 1. The van der Waals surface area contributed by atoms with Crippen molar-refractivity contribution in [1.29, 1.82) is 0 Å². The summed E-state index contributed by atoms with van der Waals surface area (Å²) in [6, 6.07) is 10.1. The predicted molar refractivity (Wildman–Crippen MR) is 118 cm³/mol. The zero-order chi connectivity index (χ0) is 22.5. The highest BCUT2D eigenvalue weighted by molar-refractivity contribution is 7.85. The van der Waals surface area contributed by atoms with Gasteiger partial charge in [0.05, 0.1) is 16.6 Å². The minimum absolute atomic E-state index is 0.100. The summed E-state index contributed by atoms with van der Waals surface area (Å²) >= 11 is 0. The molecular weight excluding hydrogens is 412 g/mol. The largest absolute Gasteiger partial charge is 0.384 e. The van der Waals surface area contributed by atoms with Gasteiger partial charge in [-0.2, -0.15) is 8.42 Å². The Balaban J connectivity index is 0.000000575. The van der Waals surface area contributed by atoms with Crippen LogP contribution in [0.5, 0.6) is 0 Å². The minimum Gasteiger partial charge on any atom is -0.384 e. The van der Waals surface area contributed by atoms with E-state index in [9.17, 15) is 23.3 Å². The highest BCUT2D eigenvalue weighted by Gasteiger charge is 2.19. The van der Waals surface area contributed by atoms with Gasteiger partial charge in [0.2, 0.25) is 0 Å². The third-order valence-electron chi connectivity index (χ3n) is 4.14. The van der Waals surface area contributed by atoms with Gasteiger partial charge in [0.15, 0.2) is 5.43 Å². The number of nitro benzene ring substituents is 1. The summed E-state index contributed by atoms with van der Waals surface area (Å²) in [6.45, 7) is 1.59. The Hall–Kier alpha value is -3.02. The Morgan fingerprint density at radius 2 is 1.83 bits per heavy atom. The maximum Gasteiger partial charge on any atom is 0.293 e. The summed E-state index contributed by atoms with van der Waals surface area (Å²) in [6.07, 6.45) is 1.62. The number of benzene rings is 2. The third kappa shape index (κ3) is 6.24. The molecule has 0 bridgehead atoms. The number of nitrogens with one attached hydrogen (secondary N) is 2. The van der Waals surface area contributed by atoms with Crippen LogP contribution in [0.3, 0.4) is 0 Å². The van der Waals surface area contributed by atoms with Gasteiger partial charge in [-0.05, 0) is 45.3 Å². The molecule has 0 atom stereocenters. The lowest BCUT2D eigenvalue weighted by atomic mass is 10.1. The van der Waals surface area contributed by atoms with Crippen molar-refractivity contribution in [2.45, 2.75) is 6.42 Å². The van der Waals surface area contributed by atoms with Crippen molar-refractivity contribution in [3.63, 3.8) is 0 Å². The molecule has 1 heterocycles. The highest BCUT2D eigenvalue weighted by atomic mass is 32.2. The summed E-state index contributed by atoms with van der Waals surface area (Å²) in [4.78, 5) is 29.0. The minimum atomic E-state index is -3.67. The molecule has 10 nitrogen and oxygen atoms in total. The first-order valence-corrected chi connectivity index (χ1v) is 10.9. The van der Waals surface area contributed by atoms with E-state index in [1.165, 1.54) is 6.07 Å². The summed E-state index contributed by atoms with van der Waals surface area (Å²) in [5, 5.41) is 15.5. The van der Waals surface area contributed by atoms with E-state index in [1.807, 2.05) is 14.1 Å². The molecule has 3 rings (SSSR count). The number of hydrogen-bond acceptors (Lipinski definition) is 7. The van der Waals surface area contributed by atoms with Crippen molar-refractivity contribution in [2.24, 2.45) is 0 Å². The second-order valence-electron chi connectivity index (χ2n) is 6.96. The molecule has 0 saturated heterocycles. The van der Waals surface area contributed by atoms with E-state index in [2.05, 4.69) is 15.2 Å². The molecule has 0 unspecified atom stereocenters. The van der Waals surface area contributed by atoms with E-state index in [4.69, 9.17) is 4.55 Å². The number of aromatic nitrogens is 1. The van der Waals surface area contributed by atoms with Gasteiger partial charge in [-0.15, -0.1) is 0 Å². The average molecular weight is 436 g/mol. The first kappa shape index (κ1) is 23.3. The van der Waals surface area contributed by atoms with Crippen LogP contribution < -0.4 is 10.7 Å². The molecule has 162 valence electrons. The van der Waals surface area contributed by atoms with Crippen molar-refractivity contribution in [2.75, 3.05) is 38.8 Å². The fraction of sp³-hybridized carbons (Fsp3) is 0.316. The zero-order valence-corrected chi connectivity index (χ0v) is 17.7. The number of nitro groups is 1. The standard InChI is InChI=1S/C18H20N4O3.CH4O3S/c1-21(2)11-5-10-19-14-8-9-15(22(24)25)17-16(14)18(23)12-6-3-4-7-13(12)20-17;1-5(2,3)4/h3-4,6-9,19H,5,10-11H2,1-2H3,(H,20,23);1H3,(H,2,3,4). The molecule has 3 aromatic rings. The Bertz CT molecular complexity index is 1210. The molecule has 0 fully saturated rings. The Morgan fingerprint density at radius 1 is 1.20 bits per heavy atom. The third-order valence-corrected chi connectivity index (χ3v) is 4.14. The lowest BCUT2D eigenvalue weighted by Gasteiger charge is -2.13. The van der Waals surface area contributed by atoms with Gasteiger partial charge < -0.3 is 15.2 Å². The Morgan fingerprint density at radius 3 is 2.43 bits per heavy atom. The van der Waals surface area contributed by atoms with Crippen LogP contribution in [0.2, 0.25) is 0 Å². The number of para-hydroxylation sites is 1. The van der Waals surface area contributed by atoms with Gasteiger partial charge in [-0.1, -0.05) is 12.1 Å². The lowest BCUT2D eigenvalue weighted by molar-refractivity contribution is -0.383. The number of hydrogen-bond donors (Lipinski definition) is 3. The maximum atomic E-state index is 12.9. The number of rotatable bonds is 6. The van der Waals surface area contributed by atoms with E-state index >= 15 is 0 Å². The van der Waals surface area contributed by atoms with Crippen molar-refractivity contribution in [1.82, 2.24) is 9.88 Å². The normalized spacial score (nSPS) is 11.4. The number of pyridine rings is 1. The number of non-ortho nitro benzene ring substituents is 1. The van der Waals surface area contributed by atoms with E-state index in [0.29, 0.717) is 34.8 Å². The Kier molecular flexibility index (Phi) is 7.48. The van der Waals surface area contributed by atoms with E-state index in [1.54, 1.807) is 30.3 Å². The van der Waals surface area contributed by atoms with Crippen molar-refractivity contribution >= 4 is 43.3 Å². The zero-order valence-electron chi connectivity index (χ0n) is 16.9. The topological polar surface area (TPSA) is 146 Å². The van der Waals surface area contributed by atoms with Gasteiger partial charge in [-0.3, -0.25) is 19.5 Å². The van der Waals surface area contributed by atoms with E-state index < -0.39 is 15.0 Å². The summed E-state index contributed by atoms with van der Waals surface area (Å²) in [5.41, 5.74) is 1.16. The molecule has 0 saturated carbocycles. The molecule has 0 radical (unpaired) electrons. The van der Waals surface area contributed by atoms with Crippen LogP contribution in [0.1, 0.15) is 6.42 Å². The average Bonchev–Trinajstić information content (AvgIpc) is 2.63. The van der Waals surface area contributed by atoms with Gasteiger partial charge in [0.25, 0.3) is 15.8 Å². The highest BCUT2D eigenvalue weighted by Crippen LogP contribution is 2.29. The van der Waals surface area contributed by atoms with Crippen LogP contribution in [0.25, 0.3) is 21.8 Å². The molecule has 0 aliphatic heterocycles. The molecule has 0 aliphatic carbocycles. The van der Waals surface area contributed by atoms with Gasteiger partial charge in [0, 0.05) is 29.2 Å². The van der Waals surface area contributed by atoms with E-state index in [0.717, 1.165) is 13.0 Å². The van der Waals surface area contributed by atoms with Crippen LogP contribution in [0, 0.1) is 10.1 Å². The first-order valence-electron chi connectivity index (χ1n) is 9.02. The van der Waals surface area contributed by atoms with Crippen LogP contribution in [-0.2, 0) is 10.1 Å².